The molecule has 1 N–H and O–H groups in total. The van der Waals surface area contributed by atoms with Crippen LogP contribution in [-0.4, -0.2) is 19.1 Å². The van der Waals surface area contributed by atoms with Crippen LogP contribution in [0, 0.1) is 11.3 Å². The Labute approximate surface area is 210 Å². The highest BCUT2D eigenvalue weighted by Gasteiger charge is 2.14. The van der Waals surface area contributed by atoms with Gasteiger partial charge in [-0.2, -0.15) is 5.26 Å². The standard InChI is InChI=1S/C28H25ClN2O4/c1-3-14-34-27-25(29)16-21(17-26(27)33-4-2)15-22(18-30)28(32)31-23-10-12-24(13-11-23)35-19-20-8-6-5-7-9-20/h3,5-13,15-17H,1,4,14,19H2,2H3,(H,31,32)/b22-15+. The van der Waals surface area contributed by atoms with Crippen LogP contribution in [0.4, 0.5) is 5.69 Å². The zero-order valence-corrected chi connectivity index (χ0v) is 20.0. The number of nitrogens with zero attached hydrogens (tertiary/aromatic N) is 1. The van der Waals surface area contributed by atoms with Gasteiger partial charge >= 0.3 is 0 Å². The Hall–Kier alpha value is -4.21. The summed E-state index contributed by atoms with van der Waals surface area (Å²) in [5.74, 6) is 0.909. The highest BCUT2D eigenvalue weighted by Crippen LogP contribution is 2.37. The molecule has 0 fully saturated rings. The van der Waals surface area contributed by atoms with Crippen LogP contribution in [0.3, 0.4) is 0 Å². The minimum absolute atomic E-state index is 0.0901. The number of halogens is 1. The number of hydrogen-bond acceptors (Lipinski definition) is 5. The van der Waals surface area contributed by atoms with Crippen molar-refractivity contribution in [2.24, 2.45) is 0 Å². The van der Waals surface area contributed by atoms with Crippen molar-refractivity contribution in [3.63, 3.8) is 0 Å². The van der Waals surface area contributed by atoms with E-state index in [0.29, 0.717) is 46.7 Å². The molecule has 1 amide bonds. The second-order valence-electron chi connectivity index (χ2n) is 7.29. The van der Waals surface area contributed by atoms with Crippen LogP contribution in [0.1, 0.15) is 18.1 Å². The maximum atomic E-state index is 12.7. The van der Waals surface area contributed by atoms with Crippen molar-refractivity contribution in [3.05, 3.63) is 101 Å². The molecule has 178 valence electrons. The number of benzene rings is 3. The first-order chi connectivity index (χ1) is 17.0. The zero-order chi connectivity index (χ0) is 25.0. The fourth-order valence-electron chi connectivity index (χ4n) is 3.11. The third-order valence-electron chi connectivity index (χ3n) is 4.71. The molecule has 0 radical (unpaired) electrons. The molecule has 0 aromatic heterocycles. The predicted octanol–water partition coefficient (Wildman–Crippen LogP) is 6.43. The number of nitrogens with one attached hydrogen (secondary N) is 1. The summed E-state index contributed by atoms with van der Waals surface area (Å²) < 4.78 is 17.0. The van der Waals surface area contributed by atoms with Crippen LogP contribution in [0.5, 0.6) is 17.2 Å². The number of carbonyl (C=O) groups is 1. The number of amides is 1. The van der Waals surface area contributed by atoms with Crippen molar-refractivity contribution in [2.45, 2.75) is 13.5 Å². The van der Waals surface area contributed by atoms with Crippen molar-refractivity contribution in [2.75, 3.05) is 18.5 Å². The van der Waals surface area contributed by atoms with E-state index in [-0.39, 0.29) is 12.2 Å². The normalized spacial score (nSPS) is 10.7. The van der Waals surface area contributed by atoms with Crippen LogP contribution < -0.4 is 19.5 Å². The Morgan fingerprint density at radius 2 is 1.83 bits per heavy atom. The van der Waals surface area contributed by atoms with Gasteiger partial charge in [0, 0.05) is 5.69 Å². The summed E-state index contributed by atoms with van der Waals surface area (Å²) in [5, 5.41) is 12.6. The molecule has 0 atom stereocenters. The van der Waals surface area contributed by atoms with E-state index in [1.54, 1.807) is 42.5 Å². The molecule has 0 aliphatic carbocycles. The highest BCUT2D eigenvalue weighted by molar-refractivity contribution is 6.32. The van der Waals surface area contributed by atoms with E-state index in [1.165, 1.54) is 6.08 Å². The van der Waals surface area contributed by atoms with Crippen LogP contribution in [0.2, 0.25) is 5.02 Å². The summed E-state index contributed by atoms with van der Waals surface area (Å²) in [6.45, 7) is 6.55. The Morgan fingerprint density at radius 3 is 2.49 bits per heavy atom. The van der Waals surface area contributed by atoms with Crippen molar-refractivity contribution >= 4 is 29.3 Å². The topological polar surface area (TPSA) is 80.6 Å². The molecule has 0 unspecified atom stereocenters. The minimum atomic E-state index is -0.550. The van der Waals surface area contributed by atoms with Crippen LogP contribution in [-0.2, 0) is 11.4 Å². The van der Waals surface area contributed by atoms with Gasteiger partial charge in [0.1, 0.15) is 30.6 Å². The zero-order valence-electron chi connectivity index (χ0n) is 19.3. The molecule has 3 rings (SSSR count). The Balaban J connectivity index is 1.70. The quantitative estimate of drug-likeness (QED) is 0.191. The van der Waals surface area contributed by atoms with E-state index >= 15 is 0 Å². The van der Waals surface area contributed by atoms with Crippen LogP contribution >= 0.6 is 11.6 Å². The van der Waals surface area contributed by atoms with Gasteiger partial charge in [-0.15, -0.1) is 0 Å². The van der Waals surface area contributed by atoms with Gasteiger partial charge < -0.3 is 19.5 Å². The fraction of sp³-hybridized carbons (Fsp3) is 0.143. The Morgan fingerprint density at radius 1 is 1.09 bits per heavy atom. The number of carbonyl (C=O) groups excluding carboxylic acids is 1. The summed E-state index contributed by atoms with van der Waals surface area (Å²) >= 11 is 6.36. The van der Waals surface area contributed by atoms with Gasteiger partial charge in [-0.1, -0.05) is 54.6 Å². The lowest BCUT2D eigenvalue weighted by molar-refractivity contribution is -0.112. The van der Waals surface area contributed by atoms with Crippen LogP contribution in [0.15, 0.2) is 85.0 Å². The molecule has 35 heavy (non-hydrogen) atoms. The SMILES string of the molecule is C=CCOc1c(Cl)cc(/C=C(\C#N)C(=O)Nc2ccc(OCc3ccccc3)cc2)cc1OCC. The summed E-state index contributed by atoms with van der Waals surface area (Å²) in [6, 6.07) is 22.0. The second-order valence-corrected chi connectivity index (χ2v) is 7.69. The van der Waals surface area contributed by atoms with Gasteiger partial charge in [0.05, 0.1) is 11.6 Å². The molecule has 7 heteroatoms. The highest BCUT2D eigenvalue weighted by atomic mass is 35.5. The molecule has 3 aromatic carbocycles. The number of ether oxygens (including phenoxy) is 3. The fourth-order valence-corrected chi connectivity index (χ4v) is 3.38. The molecule has 0 saturated heterocycles. The lowest BCUT2D eigenvalue weighted by Crippen LogP contribution is -2.13. The van der Waals surface area contributed by atoms with E-state index < -0.39 is 5.91 Å². The molecule has 0 bridgehead atoms. The largest absolute Gasteiger partial charge is 0.490 e. The summed E-state index contributed by atoms with van der Waals surface area (Å²) in [7, 11) is 0. The van der Waals surface area contributed by atoms with E-state index in [2.05, 4.69) is 11.9 Å². The van der Waals surface area contributed by atoms with Gasteiger partial charge in [0.25, 0.3) is 5.91 Å². The number of anilines is 1. The number of rotatable bonds is 11. The lowest BCUT2D eigenvalue weighted by Gasteiger charge is -2.13. The van der Waals surface area contributed by atoms with Gasteiger partial charge in [0.15, 0.2) is 11.5 Å². The van der Waals surface area contributed by atoms with Gasteiger partial charge in [-0.05, 0) is 60.5 Å². The molecule has 0 aliphatic rings. The third-order valence-corrected chi connectivity index (χ3v) is 4.99. The van der Waals surface area contributed by atoms with E-state index in [4.69, 9.17) is 25.8 Å². The van der Waals surface area contributed by atoms with Gasteiger partial charge in [-0.25, -0.2) is 0 Å². The molecule has 3 aromatic rings. The maximum Gasteiger partial charge on any atom is 0.266 e. The van der Waals surface area contributed by atoms with Gasteiger partial charge in [0.2, 0.25) is 0 Å². The molecule has 6 nitrogen and oxygen atoms in total. The lowest BCUT2D eigenvalue weighted by atomic mass is 10.1. The number of hydrogen-bond donors (Lipinski definition) is 1. The van der Waals surface area contributed by atoms with E-state index in [0.717, 1.165) is 5.56 Å². The first kappa shape index (κ1) is 25.4. The average Bonchev–Trinajstić information content (AvgIpc) is 2.87. The average molecular weight is 489 g/mol. The summed E-state index contributed by atoms with van der Waals surface area (Å²) in [6.07, 6.45) is 3.04. The van der Waals surface area contributed by atoms with Crippen molar-refractivity contribution < 1.29 is 19.0 Å². The van der Waals surface area contributed by atoms with E-state index in [1.807, 2.05) is 43.3 Å². The molecule has 0 aliphatic heterocycles. The van der Waals surface area contributed by atoms with E-state index in [9.17, 15) is 10.1 Å². The Bertz CT molecular complexity index is 1230. The van der Waals surface area contributed by atoms with Crippen LogP contribution in [0.25, 0.3) is 6.08 Å². The van der Waals surface area contributed by atoms with Crippen molar-refractivity contribution in [1.82, 2.24) is 0 Å². The van der Waals surface area contributed by atoms with Crippen molar-refractivity contribution in [3.8, 4) is 23.3 Å². The molecule has 0 saturated carbocycles. The third kappa shape index (κ3) is 7.39. The summed E-state index contributed by atoms with van der Waals surface area (Å²) in [5.41, 5.74) is 2.03. The maximum absolute atomic E-state index is 12.7. The molecular formula is C28H25ClN2O4. The molecular weight excluding hydrogens is 464 g/mol. The predicted molar refractivity (Wildman–Crippen MR) is 138 cm³/mol. The monoisotopic (exact) mass is 488 g/mol. The minimum Gasteiger partial charge on any atom is -0.490 e. The Kier molecular flexibility index (Phi) is 9.35. The smallest absolute Gasteiger partial charge is 0.266 e. The molecule has 0 heterocycles. The second kappa shape index (κ2) is 12.9. The van der Waals surface area contributed by atoms with Crippen molar-refractivity contribution in [1.29, 1.82) is 5.26 Å². The number of nitriles is 1. The first-order valence-corrected chi connectivity index (χ1v) is 11.3. The molecule has 0 spiro atoms. The van der Waals surface area contributed by atoms with Gasteiger partial charge in [-0.3, -0.25) is 4.79 Å². The summed E-state index contributed by atoms with van der Waals surface area (Å²) in [4.78, 5) is 12.7. The first-order valence-electron chi connectivity index (χ1n) is 10.9.